The highest BCUT2D eigenvalue weighted by molar-refractivity contribution is 5.85. The van der Waals surface area contributed by atoms with Crippen LogP contribution in [-0.4, -0.2) is 81.6 Å². The fourth-order valence-electron chi connectivity index (χ4n) is 4.34. The van der Waals surface area contributed by atoms with Gasteiger partial charge in [-0.05, 0) is 50.3 Å². The summed E-state index contributed by atoms with van der Waals surface area (Å²) in [5.74, 6) is -3.90. The van der Waals surface area contributed by atoms with Crippen molar-refractivity contribution in [1.29, 1.82) is 0 Å². The van der Waals surface area contributed by atoms with Crippen molar-refractivity contribution in [3.05, 3.63) is 53.5 Å². The number of nitrogens with two attached hydrogens (primary N) is 1. The number of hydrogen-bond acceptors (Lipinski definition) is 9. The van der Waals surface area contributed by atoms with Crippen LogP contribution in [-0.2, 0) is 19.2 Å². The molecule has 1 fully saturated rings. The third kappa shape index (κ3) is 12.8. The number of carboxylic acids is 4. The summed E-state index contributed by atoms with van der Waals surface area (Å²) in [4.78, 5) is 65.2. The molecule has 1 aromatic carbocycles. The zero-order valence-electron chi connectivity index (χ0n) is 24.0. The molecule has 2 atom stereocenters. The van der Waals surface area contributed by atoms with E-state index in [1.165, 1.54) is 17.0 Å². The Bertz CT molecular complexity index is 1220. The molecule has 6 N–H and O–H groups in total. The number of aromatic carboxylic acids is 1. The summed E-state index contributed by atoms with van der Waals surface area (Å²) < 4.78 is 9.81. The number of nitrogens with zero attached hydrogens (tertiary/aromatic N) is 1. The van der Waals surface area contributed by atoms with Crippen molar-refractivity contribution in [3.63, 3.8) is 0 Å². The minimum atomic E-state index is -1.17. The lowest BCUT2D eigenvalue weighted by atomic mass is 9.84. The third-order valence-electron chi connectivity index (χ3n) is 6.52. The van der Waals surface area contributed by atoms with Gasteiger partial charge >= 0.3 is 23.9 Å². The highest BCUT2D eigenvalue weighted by Crippen LogP contribution is 2.39. The van der Waals surface area contributed by atoms with Crippen LogP contribution in [0.15, 0.2) is 40.8 Å². The molecule has 0 aliphatic carbocycles. The summed E-state index contributed by atoms with van der Waals surface area (Å²) in [5.41, 5.74) is 6.40. The van der Waals surface area contributed by atoms with Gasteiger partial charge in [-0.25, -0.2) is 4.79 Å². The number of ether oxygens (including phenoxy) is 1. The van der Waals surface area contributed by atoms with Crippen LogP contribution >= 0.6 is 0 Å². The molecular formula is C29H38N2O12. The minimum Gasteiger partial charge on any atom is -0.496 e. The first-order valence-corrected chi connectivity index (χ1v) is 13.4. The molecule has 2 aromatic rings. The molecular weight excluding hydrogens is 568 g/mol. The number of aliphatic carboxylic acids is 3. The Kier molecular flexibility index (Phi) is 15.8. The van der Waals surface area contributed by atoms with Crippen molar-refractivity contribution >= 4 is 36.1 Å². The van der Waals surface area contributed by atoms with Gasteiger partial charge in [-0.1, -0.05) is 18.2 Å². The van der Waals surface area contributed by atoms with E-state index in [0.29, 0.717) is 44.1 Å². The van der Waals surface area contributed by atoms with E-state index in [-0.39, 0.29) is 42.7 Å². The average Bonchev–Trinajstić information content (AvgIpc) is 3.45. The number of piperidine rings is 1. The molecule has 2 unspecified atom stereocenters. The van der Waals surface area contributed by atoms with Gasteiger partial charge in [0.2, 0.25) is 11.7 Å². The number of benzene rings is 1. The maximum Gasteiger partial charge on any atom is 0.371 e. The number of amides is 1. The summed E-state index contributed by atoms with van der Waals surface area (Å²) in [7, 11) is 3.19. The number of furan rings is 1. The molecule has 0 saturated carbocycles. The van der Waals surface area contributed by atoms with Crippen LogP contribution in [0.1, 0.15) is 84.1 Å². The number of likely N-dealkylation sites (tertiary alicyclic amines) is 1. The second-order valence-electron chi connectivity index (χ2n) is 9.63. The molecule has 0 spiro atoms. The minimum absolute atomic E-state index is 0.0254. The fraction of sp³-hybridized carbons (Fsp3) is 0.448. The van der Waals surface area contributed by atoms with E-state index < -0.39 is 35.8 Å². The summed E-state index contributed by atoms with van der Waals surface area (Å²) >= 11 is 0. The van der Waals surface area contributed by atoms with Crippen molar-refractivity contribution in [2.24, 2.45) is 11.7 Å². The van der Waals surface area contributed by atoms with Crippen LogP contribution < -0.4 is 10.5 Å². The Labute approximate surface area is 248 Å². The van der Waals surface area contributed by atoms with E-state index in [1.54, 1.807) is 20.2 Å². The Morgan fingerprint density at radius 1 is 1.02 bits per heavy atom. The SMILES string of the molecule is COc1ccccc1C1C(C(=O)O)CCC(=O)N1C.NC(CCCC(=O)O)CCCC(=O)O.O=Cc1ccc(C(=O)O)o1. The number of hydrogen-bond donors (Lipinski definition) is 5. The van der Waals surface area contributed by atoms with Gasteiger partial charge in [0.1, 0.15) is 5.75 Å². The van der Waals surface area contributed by atoms with E-state index in [2.05, 4.69) is 4.42 Å². The van der Waals surface area contributed by atoms with Crippen molar-refractivity contribution in [2.45, 2.75) is 63.5 Å². The molecule has 3 rings (SSSR count). The predicted octanol–water partition coefficient (Wildman–Crippen LogP) is 3.30. The van der Waals surface area contributed by atoms with Crippen LogP contribution in [0.5, 0.6) is 5.75 Å². The van der Waals surface area contributed by atoms with Crippen LogP contribution in [0.3, 0.4) is 0 Å². The molecule has 2 heterocycles. The lowest BCUT2D eigenvalue weighted by Gasteiger charge is -2.37. The van der Waals surface area contributed by atoms with Crippen molar-refractivity contribution in [1.82, 2.24) is 4.90 Å². The lowest BCUT2D eigenvalue weighted by molar-refractivity contribution is -0.151. The molecule has 14 heteroatoms. The van der Waals surface area contributed by atoms with Gasteiger partial charge in [0.15, 0.2) is 12.0 Å². The molecule has 1 amide bonds. The third-order valence-corrected chi connectivity index (χ3v) is 6.52. The topological polar surface area (TPSA) is 235 Å². The number of methoxy groups -OCH3 is 1. The molecule has 43 heavy (non-hydrogen) atoms. The zero-order valence-corrected chi connectivity index (χ0v) is 24.0. The second-order valence-corrected chi connectivity index (χ2v) is 9.63. The Balaban J connectivity index is 0.000000341. The van der Waals surface area contributed by atoms with E-state index in [9.17, 15) is 33.9 Å². The number of para-hydroxylation sites is 1. The first-order chi connectivity index (χ1) is 20.3. The van der Waals surface area contributed by atoms with Gasteiger partial charge in [-0.2, -0.15) is 0 Å². The van der Waals surface area contributed by atoms with Crippen molar-refractivity contribution < 1.29 is 58.3 Å². The second kappa shape index (κ2) is 18.7. The molecule has 1 aliphatic heterocycles. The van der Waals surface area contributed by atoms with Crippen molar-refractivity contribution in [3.8, 4) is 5.75 Å². The van der Waals surface area contributed by atoms with Crippen LogP contribution in [0.25, 0.3) is 0 Å². The molecule has 0 bridgehead atoms. The Hall–Kier alpha value is -4.72. The van der Waals surface area contributed by atoms with Crippen LogP contribution in [0.4, 0.5) is 0 Å². The van der Waals surface area contributed by atoms with E-state index in [4.69, 9.17) is 25.8 Å². The standard InChI is InChI=1S/C14H17NO4.C9H17NO4.C6H4O4/c1-15-12(16)8-7-10(14(17)18)13(15)9-5-3-4-6-11(9)19-2;10-7(3-1-5-8(11)12)4-2-6-9(13)14;7-3-4-1-2-5(10-4)6(8)9/h3-6,10,13H,7-8H2,1-2H3,(H,17,18);7H,1-6,10H2,(H,11,12)(H,13,14);1-3H,(H,8,9). The molecule has 14 nitrogen and oxygen atoms in total. The van der Waals surface area contributed by atoms with Gasteiger partial charge in [0.25, 0.3) is 0 Å². The summed E-state index contributed by atoms with van der Waals surface area (Å²) in [5, 5.41) is 34.4. The molecule has 0 radical (unpaired) electrons. The van der Waals surface area contributed by atoms with Crippen LogP contribution in [0, 0.1) is 5.92 Å². The van der Waals surface area contributed by atoms with Gasteiger partial charge in [0, 0.05) is 37.9 Å². The van der Waals surface area contributed by atoms with Gasteiger partial charge in [0.05, 0.1) is 19.1 Å². The predicted molar refractivity (Wildman–Crippen MR) is 151 cm³/mol. The Morgan fingerprint density at radius 2 is 1.60 bits per heavy atom. The largest absolute Gasteiger partial charge is 0.496 e. The lowest BCUT2D eigenvalue weighted by Crippen LogP contribution is -2.43. The number of aldehydes is 1. The first kappa shape index (κ1) is 36.3. The summed E-state index contributed by atoms with van der Waals surface area (Å²) in [6.45, 7) is 0. The highest BCUT2D eigenvalue weighted by atomic mass is 16.5. The molecule has 1 saturated heterocycles. The van der Waals surface area contributed by atoms with Gasteiger partial charge in [-0.3, -0.25) is 24.0 Å². The fourth-order valence-corrected chi connectivity index (χ4v) is 4.34. The summed E-state index contributed by atoms with van der Waals surface area (Å²) in [6.07, 6.45) is 3.76. The van der Waals surface area contributed by atoms with Gasteiger partial charge in [-0.15, -0.1) is 0 Å². The highest BCUT2D eigenvalue weighted by Gasteiger charge is 2.40. The molecule has 1 aliphatic rings. The Morgan fingerprint density at radius 3 is 2.05 bits per heavy atom. The average molecular weight is 607 g/mol. The zero-order chi connectivity index (χ0) is 32.5. The quantitative estimate of drug-likeness (QED) is 0.206. The van der Waals surface area contributed by atoms with E-state index in [0.717, 1.165) is 5.56 Å². The number of carboxylic acid groups (broad SMARTS) is 4. The monoisotopic (exact) mass is 606 g/mol. The number of carbonyl (C=O) groups is 6. The van der Waals surface area contributed by atoms with E-state index in [1.807, 2.05) is 18.2 Å². The van der Waals surface area contributed by atoms with E-state index >= 15 is 0 Å². The molecule has 236 valence electrons. The van der Waals surface area contributed by atoms with Crippen LogP contribution in [0.2, 0.25) is 0 Å². The maximum atomic E-state index is 11.8. The molecule has 1 aromatic heterocycles. The summed E-state index contributed by atoms with van der Waals surface area (Å²) in [6, 6.07) is 9.22. The number of rotatable bonds is 13. The maximum absolute atomic E-state index is 11.8. The van der Waals surface area contributed by atoms with Gasteiger partial charge < -0.3 is 40.2 Å². The van der Waals surface area contributed by atoms with Crippen molar-refractivity contribution in [2.75, 3.05) is 14.2 Å². The first-order valence-electron chi connectivity index (χ1n) is 13.4. The normalized spacial score (nSPS) is 15.8. The number of carbonyl (C=O) groups excluding carboxylic acids is 2. The smallest absolute Gasteiger partial charge is 0.371 e.